The van der Waals surface area contributed by atoms with E-state index in [1.54, 1.807) is 0 Å². The highest BCUT2D eigenvalue weighted by atomic mass is 16.1. The van der Waals surface area contributed by atoms with E-state index in [1.165, 1.54) is 5.57 Å². The van der Waals surface area contributed by atoms with Gasteiger partial charge in [0, 0.05) is 24.2 Å². The second-order valence-corrected chi connectivity index (χ2v) is 7.24. The van der Waals surface area contributed by atoms with Crippen LogP contribution in [0.4, 0.5) is 0 Å². The number of carbonyl (C=O) groups excluding carboxylic acids is 1. The number of aromatic nitrogens is 2. The van der Waals surface area contributed by atoms with Gasteiger partial charge < -0.3 is 10.2 Å². The summed E-state index contributed by atoms with van der Waals surface area (Å²) in [5.41, 5.74) is 5.86. The number of hydrogen-bond acceptors (Lipinski definition) is 3. The lowest BCUT2D eigenvalue weighted by atomic mass is 10.1. The van der Waals surface area contributed by atoms with Gasteiger partial charge in [-0.25, -0.2) is 4.52 Å². The molecular weight excluding hydrogens is 348 g/mol. The molecule has 1 aliphatic carbocycles. The molecule has 2 heterocycles. The van der Waals surface area contributed by atoms with Gasteiger partial charge in [0.1, 0.15) is 0 Å². The minimum Gasteiger partial charge on any atom is -0.351 e. The monoisotopic (exact) mass is 372 g/mol. The number of nitrogens with zero attached hydrogens (tertiary/aromatic N) is 3. The summed E-state index contributed by atoms with van der Waals surface area (Å²) in [6.07, 6.45) is 7.30. The molecule has 4 rings (SSSR count). The fourth-order valence-electron chi connectivity index (χ4n) is 3.34. The molecule has 1 N–H and O–H groups in total. The highest BCUT2D eigenvalue weighted by molar-refractivity contribution is 5.95. The molecule has 28 heavy (non-hydrogen) atoms. The summed E-state index contributed by atoms with van der Waals surface area (Å²) in [6, 6.07) is 15.9. The smallest absolute Gasteiger partial charge is 0.251 e. The van der Waals surface area contributed by atoms with E-state index in [9.17, 15) is 4.79 Å². The summed E-state index contributed by atoms with van der Waals surface area (Å²) in [7, 11) is 3.98. The van der Waals surface area contributed by atoms with Gasteiger partial charge in [0.15, 0.2) is 0 Å². The maximum absolute atomic E-state index is 12.4. The Morgan fingerprint density at radius 3 is 2.82 bits per heavy atom. The quantitative estimate of drug-likeness (QED) is 0.719. The van der Waals surface area contributed by atoms with Crippen LogP contribution in [0.1, 0.15) is 22.5 Å². The van der Waals surface area contributed by atoms with Crippen molar-refractivity contribution < 1.29 is 4.79 Å². The predicted molar refractivity (Wildman–Crippen MR) is 113 cm³/mol. The van der Waals surface area contributed by atoms with Gasteiger partial charge in [-0.1, -0.05) is 30.4 Å². The fraction of sp³-hybridized carbons (Fsp3) is 0.217. The van der Waals surface area contributed by atoms with Gasteiger partial charge in [0.05, 0.1) is 16.9 Å². The van der Waals surface area contributed by atoms with E-state index in [0.717, 1.165) is 35.4 Å². The van der Waals surface area contributed by atoms with E-state index in [2.05, 4.69) is 41.7 Å². The molecule has 0 aliphatic heterocycles. The van der Waals surface area contributed by atoms with Crippen molar-refractivity contribution in [1.82, 2.24) is 19.8 Å². The first-order chi connectivity index (χ1) is 13.6. The SMILES string of the molecule is CN(C)CCNC(=O)c1cccc(-c2ccc3ccc(C4=CC=CC4)n3n2)c1. The van der Waals surface area contributed by atoms with E-state index in [0.29, 0.717) is 12.1 Å². The molecule has 0 saturated carbocycles. The Labute approximate surface area is 165 Å². The summed E-state index contributed by atoms with van der Waals surface area (Å²) in [4.78, 5) is 14.5. The first-order valence-corrected chi connectivity index (χ1v) is 9.50. The minimum absolute atomic E-state index is 0.0615. The first-order valence-electron chi connectivity index (χ1n) is 9.50. The third kappa shape index (κ3) is 3.75. The van der Waals surface area contributed by atoms with Crippen molar-refractivity contribution in [3.05, 3.63) is 78.0 Å². The average Bonchev–Trinajstić information content (AvgIpc) is 3.36. The molecule has 1 aromatic carbocycles. The van der Waals surface area contributed by atoms with Gasteiger partial charge in [0.2, 0.25) is 0 Å². The average molecular weight is 372 g/mol. The molecular formula is C23H24N4O. The van der Waals surface area contributed by atoms with Gasteiger partial charge in [-0.3, -0.25) is 4.79 Å². The molecule has 0 unspecified atom stereocenters. The predicted octanol–water partition coefficient (Wildman–Crippen LogP) is 3.64. The molecule has 1 aliphatic rings. The van der Waals surface area contributed by atoms with Crippen LogP contribution in [0, 0.1) is 0 Å². The number of amides is 1. The van der Waals surface area contributed by atoms with Crippen molar-refractivity contribution in [1.29, 1.82) is 0 Å². The summed E-state index contributed by atoms with van der Waals surface area (Å²) in [5.74, 6) is -0.0615. The van der Waals surface area contributed by atoms with Crippen molar-refractivity contribution in [3.8, 4) is 11.3 Å². The molecule has 0 fully saturated rings. The molecule has 1 amide bonds. The van der Waals surface area contributed by atoms with E-state index < -0.39 is 0 Å². The Hall–Kier alpha value is -3.18. The second kappa shape index (κ2) is 7.82. The topological polar surface area (TPSA) is 49.6 Å². The normalized spacial score (nSPS) is 13.3. The van der Waals surface area contributed by atoms with Gasteiger partial charge >= 0.3 is 0 Å². The number of fused-ring (bicyclic) bond motifs is 1. The summed E-state index contributed by atoms with van der Waals surface area (Å²) >= 11 is 0. The summed E-state index contributed by atoms with van der Waals surface area (Å²) < 4.78 is 1.98. The molecule has 5 heteroatoms. The molecule has 3 aromatic rings. The number of nitrogens with one attached hydrogen (secondary N) is 1. The fourth-order valence-corrected chi connectivity index (χ4v) is 3.34. The Morgan fingerprint density at radius 1 is 1.18 bits per heavy atom. The lowest BCUT2D eigenvalue weighted by Crippen LogP contribution is -2.31. The largest absolute Gasteiger partial charge is 0.351 e. The van der Waals surface area contributed by atoms with Crippen LogP contribution in [0.5, 0.6) is 0 Å². The number of likely N-dealkylation sites (N-methyl/N-ethyl adjacent to an activating group) is 1. The van der Waals surface area contributed by atoms with Crippen LogP contribution in [0.25, 0.3) is 22.3 Å². The molecule has 0 bridgehead atoms. The lowest BCUT2D eigenvalue weighted by Gasteiger charge is -2.11. The first kappa shape index (κ1) is 18.2. The van der Waals surface area contributed by atoms with Crippen LogP contribution in [0.2, 0.25) is 0 Å². The van der Waals surface area contributed by atoms with Crippen molar-refractivity contribution in [3.63, 3.8) is 0 Å². The Bertz CT molecular complexity index is 1080. The Balaban J connectivity index is 1.61. The van der Waals surface area contributed by atoms with Crippen LogP contribution in [0.3, 0.4) is 0 Å². The van der Waals surface area contributed by atoms with Crippen molar-refractivity contribution in [2.45, 2.75) is 6.42 Å². The van der Waals surface area contributed by atoms with Crippen LogP contribution in [-0.4, -0.2) is 47.6 Å². The van der Waals surface area contributed by atoms with Crippen molar-refractivity contribution >= 4 is 17.0 Å². The van der Waals surface area contributed by atoms with Gasteiger partial charge in [-0.2, -0.15) is 5.10 Å². The van der Waals surface area contributed by atoms with Crippen LogP contribution < -0.4 is 5.32 Å². The van der Waals surface area contributed by atoms with Crippen molar-refractivity contribution in [2.75, 3.05) is 27.2 Å². The second-order valence-electron chi connectivity index (χ2n) is 7.24. The summed E-state index contributed by atoms with van der Waals surface area (Å²) in [6.45, 7) is 1.43. The molecule has 0 spiro atoms. The van der Waals surface area contributed by atoms with Crippen LogP contribution >= 0.6 is 0 Å². The molecule has 0 radical (unpaired) electrons. The number of carbonyl (C=O) groups is 1. The number of allylic oxidation sites excluding steroid dienone is 4. The Morgan fingerprint density at radius 2 is 2.04 bits per heavy atom. The highest BCUT2D eigenvalue weighted by Gasteiger charge is 2.12. The third-order valence-corrected chi connectivity index (χ3v) is 4.87. The van der Waals surface area contributed by atoms with E-state index >= 15 is 0 Å². The lowest BCUT2D eigenvalue weighted by molar-refractivity contribution is 0.0951. The number of rotatable bonds is 6. The standard InChI is InChI=1S/C23H24N4O/c1-26(2)15-14-24-23(28)19-9-5-8-18(16-19)21-12-10-20-11-13-22(27(20)25-21)17-6-3-4-7-17/h3-6,8-13,16H,7,14-15H2,1-2H3,(H,24,28). The van der Waals surface area contributed by atoms with E-state index in [-0.39, 0.29) is 5.91 Å². The van der Waals surface area contributed by atoms with Crippen molar-refractivity contribution in [2.24, 2.45) is 0 Å². The zero-order chi connectivity index (χ0) is 19.5. The zero-order valence-electron chi connectivity index (χ0n) is 16.2. The Kier molecular flexibility index (Phi) is 5.08. The maximum Gasteiger partial charge on any atom is 0.251 e. The summed E-state index contributed by atoms with van der Waals surface area (Å²) in [5, 5.41) is 7.81. The van der Waals surface area contributed by atoms with Crippen LogP contribution in [0.15, 0.2) is 66.8 Å². The van der Waals surface area contributed by atoms with Gasteiger partial charge in [-0.05, 0) is 62.5 Å². The molecule has 2 aromatic heterocycles. The van der Waals surface area contributed by atoms with Crippen LogP contribution in [-0.2, 0) is 0 Å². The number of hydrogen-bond donors (Lipinski definition) is 1. The molecule has 0 atom stereocenters. The number of benzene rings is 1. The van der Waals surface area contributed by atoms with Gasteiger partial charge in [-0.15, -0.1) is 0 Å². The molecule has 5 nitrogen and oxygen atoms in total. The van der Waals surface area contributed by atoms with E-state index in [1.807, 2.05) is 53.8 Å². The molecule has 142 valence electrons. The van der Waals surface area contributed by atoms with E-state index in [4.69, 9.17) is 5.10 Å². The maximum atomic E-state index is 12.4. The third-order valence-electron chi connectivity index (χ3n) is 4.87. The zero-order valence-corrected chi connectivity index (χ0v) is 16.2. The minimum atomic E-state index is -0.0615. The molecule has 0 saturated heterocycles. The van der Waals surface area contributed by atoms with Gasteiger partial charge in [0.25, 0.3) is 5.91 Å². The highest BCUT2D eigenvalue weighted by Crippen LogP contribution is 2.26.